The minimum absolute atomic E-state index is 0.548. The van der Waals surface area contributed by atoms with Crippen molar-refractivity contribution in [1.29, 1.82) is 0 Å². The van der Waals surface area contributed by atoms with Gasteiger partial charge in [0.05, 0.1) is 12.0 Å². The van der Waals surface area contributed by atoms with E-state index in [1.807, 2.05) is 22.1 Å². The molecule has 0 amide bonds. The van der Waals surface area contributed by atoms with Gasteiger partial charge < -0.3 is 10.3 Å². The average molecular weight is 267 g/mol. The largest absolute Gasteiger partial charge is 0.375 e. The molecule has 2 N–H and O–H groups in total. The van der Waals surface area contributed by atoms with E-state index in [1.54, 1.807) is 6.33 Å². The second-order valence-electron chi connectivity index (χ2n) is 4.00. The van der Waals surface area contributed by atoms with Gasteiger partial charge in [-0.25, -0.2) is 9.97 Å². The minimum Gasteiger partial charge on any atom is -0.375 e. The van der Waals surface area contributed by atoms with Crippen LogP contribution in [0.15, 0.2) is 11.7 Å². The Kier molecular flexibility index (Phi) is 2.64. The number of nitrogens with two attached hydrogens (primary N) is 1. The molecule has 2 aromatic rings. The number of thiazole rings is 1. The van der Waals surface area contributed by atoms with Crippen molar-refractivity contribution in [2.24, 2.45) is 0 Å². The molecule has 3 rings (SSSR count). The van der Waals surface area contributed by atoms with Gasteiger partial charge in [0.15, 0.2) is 5.13 Å². The molecule has 1 fully saturated rings. The van der Waals surface area contributed by atoms with Gasteiger partial charge in [0.2, 0.25) is 0 Å². The number of anilines is 1. The standard InChI is InChI=1S/C11H11ClN4S/c12-10-9(14-6-16(10)8-2-3-8)4-1-7-5-17-11(13)15-7/h1,4-6,8H,2-3H2,(H2,13,15). The molecule has 0 radical (unpaired) electrons. The normalized spacial score (nSPS) is 15.8. The van der Waals surface area contributed by atoms with Crippen LogP contribution in [0.1, 0.15) is 30.3 Å². The number of halogens is 1. The Hall–Kier alpha value is -1.33. The minimum atomic E-state index is 0.548. The van der Waals surface area contributed by atoms with Crippen molar-refractivity contribution in [1.82, 2.24) is 14.5 Å². The van der Waals surface area contributed by atoms with E-state index in [1.165, 1.54) is 24.2 Å². The quantitative estimate of drug-likeness (QED) is 0.929. The molecule has 4 nitrogen and oxygen atoms in total. The van der Waals surface area contributed by atoms with Gasteiger partial charge in [-0.05, 0) is 25.0 Å². The number of nitrogen functional groups attached to an aromatic ring is 1. The average Bonchev–Trinajstić information content (AvgIpc) is 2.97. The van der Waals surface area contributed by atoms with Crippen LogP contribution in [-0.2, 0) is 0 Å². The van der Waals surface area contributed by atoms with Crippen LogP contribution in [0.4, 0.5) is 5.13 Å². The zero-order chi connectivity index (χ0) is 11.8. The SMILES string of the molecule is Nc1nc(C=Cc2ncn(C3CC3)c2Cl)cs1. The van der Waals surface area contributed by atoms with Crippen LogP contribution in [0.2, 0.25) is 5.15 Å². The van der Waals surface area contributed by atoms with E-state index in [2.05, 4.69) is 9.97 Å². The Bertz CT molecular complexity index is 568. The Morgan fingerprint density at radius 3 is 2.94 bits per heavy atom. The Labute approximate surface area is 108 Å². The maximum atomic E-state index is 6.24. The second kappa shape index (κ2) is 4.16. The van der Waals surface area contributed by atoms with Crippen LogP contribution in [0, 0.1) is 0 Å². The first-order chi connectivity index (χ1) is 8.24. The van der Waals surface area contributed by atoms with Crippen LogP contribution in [0.3, 0.4) is 0 Å². The molecule has 1 aliphatic carbocycles. The number of hydrogen-bond acceptors (Lipinski definition) is 4. The fraction of sp³-hybridized carbons (Fsp3) is 0.273. The zero-order valence-corrected chi connectivity index (χ0v) is 10.6. The molecule has 2 aromatic heterocycles. The topological polar surface area (TPSA) is 56.7 Å². The summed E-state index contributed by atoms with van der Waals surface area (Å²) in [5, 5.41) is 3.17. The summed E-state index contributed by atoms with van der Waals surface area (Å²) in [6.07, 6.45) is 7.94. The van der Waals surface area contributed by atoms with Crippen LogP contribution in [0.25, 0.3) is 12.2 Å². The highest BCUT2D eigenvalue weighted by Crippen LogP contribution is 2.38. The van der Waals surface area contributed by atoms with Gasteiger partial charge in [-0.3, -0.25) is 0 Å². The van der Waals surface area contributed by atoms with Crippen molar-refractivity contribution in [3.05, 3.63) is 28.2 Å². The molecule has 0 spiro atoms. The maximum Gasteiger partial charge on any atom is 0.180 e. The molecule has 2 heterocycles. The molecular formula is C11H11ClN4S. The van der Waals surface area contributed by atoms with E-state index < -0.39 is 0 Å². The third-order valence-corrected chi connectivity index (χ3v) is 3.73. The van der Waals surface area contributed by atoms with E-state index in [0.717, 1.165) is 11.4 Å². The maximum absolute atomic E-state index is 6.24. The molecule has 6 heteroatoms. The van der Waals surface area contributed by atoms with Crippen molar-refractivity contribution in [3.8, 4) is 0 Å². The van der Waals surface area contributed by atoms with Crippen molar-refractivity contribution in [3.63, 3.8) is 0 Å². The van der Waals surface area contributed by atoms with Crippen molar-refractivity contribution < 1.29 is 0 Å². The number of hydrogen-bond donors (Lipinski definition) is 1. The number of rotatable bonds is 3. The first kappa shape index (κ1) is 10.8. The summed E-state index contributed by atoms with van der Waals surface area (Å²) in [5.74, 6) is 0. The van der Waals surface area contributed by atoms with Gasteiger partial charge in [0.25, 0.3) is 0 Å². The summed E-state index contributed by atoms with van der Waals surface area (Å²) in [7, 11) is 0. The highest BCUT2D eigenvalue weighted by atomic mass is 35.5. The fourth-order valence-electron chi connectivity index (χ4n) is 1.62. The summed E-state index contributed by atoms with van der Waals surface area (Å²) >= 11 is 7.66. The summed E-state index contributed by atoms with van der Waals surface area (Å²) < 4.78 is 2.02. The number of nitrogens with zero attached hydrogens (tertiary/aromatic N) is 3. The highest BCUT2D eigenvalue weighted by molar-refractivity contribution is 7.13. The van der Waals surface area contributed by atoms with E-state index in [9.17, 15) is 0 Å². The zero-order valence-electron chi connectivity index (χ0n) is 9.01. The van der Waals surface area contributed by atoms with Gasteiger partial charge in [-0.15, -0.1) is 11.3 Å². The van der Waals surface area contributed by atoms with E-state index in [4.69, 9.17) is 17.3 Å². The highest BCUT2D eigenvalue weighted by Gasteiger charge is 2.25. The molecule has 0 bridgehead atoms. The molecular weight excluding hydrogens is 256 g/mol. The van der Waals surface area contributed by atoms with Crippen LogP contribution in [-0.4, -0.2) is 14.5 Å². The van der Waals surface area contributed by atoms with E-state index in [-0.39, 0.29) is 0 Å². The molecule has 1 aliphatic rings. The lowest BCUT2D eigenvalue weighted by Crippen LogP contribution is -1.90. The lowest BCUT2D eigenvalue weighted by atomic mass is 10.3. The molecule has 0 aromatic carbocycles. The van der Waals surface area contributed by atoms with Gasteiger partial charge in [0.1, 0.15) is 10.8 Å². The molecule has 0 atom stereocenters. The number of imidazole rings is 1. The molecule has 0 saturated heterocycles. The Morgan fingerprint density at radius 2 is 2.29 bits per heavy atom. The third kappa shape index (κ3) is 2.21. The molecule has 17 heavy (non-hydrogen) atoms. The predicted octanol–water partition coefficient (Wildman–Crippen LogP) is 3.08. The Morgan fingerprint density at radius 1 is 1.47 bits per heavy atom. The van der Waals surface area contributed by atoms with Gasteiger partial charge in [0, 0.05) is 11.4 Å². The second-order valence-corrected chi connectivity index (χ2v) is 5.25. The summed E-state index contributed by atoms with van der Waals surface area (Å²) in [6, 6.07) is 0.548. The number of aromatic nitrogens is 3. The first-order valence-corrected chi connectivity index (χ1v) is 6.61. The van der Waals surface area contributed by atoms with Crippen molar-refractivity contribution in [2.45, 2.75) is 18.9 Å². The van der Waals surface area contributed by atoms with Crippen molar-refractivity contribution in [2.75, 3.05) is 5.73 Å². The molecule has 1 saturated carbocycles. The summed E-state index contributed by atoms with van der Waals surface area (Å²) in [6.45, 7) is 0. The predicted molar refractivity (Wildman–Crippen MR) is 71.0 cm³/mol. The Balaban J connectivity index is 1.82. The summed E-state index contributed by atoms with van der Waals surface area (Å²) in [5.41, 5.74) is 7.18. The summed E-state index contributed by atoms with van der Waals surface area (Å²) in [4.78, 5) is 8.43. The van der Waals surface area contributed by atoms with Crippen LogP contribution >= 0.6 is 22.9 Å². The van der Waals surface area contributed by atoms with Gasteiger partial charge >= 0.3 is 0 Å². The monoisotopic (exact) mass is 266 g/mol. The molecule has 88 valence electrons. The lowest BCUT2D eigenvalue weighted by molar-refractivity contribution is 0.741. The third-order valence-electron chi connectivity index (χ3n) is 2.65. The van der Waals surface area contributed by atoms with Crippen LogP contribution in [0.5, 0.6) is 0 Å². The van der Waals surface area contributed by atoms with Crippen LogP contribution < -0.4 is 5.73 Å². The first-order valence-electron chi connectivity index (χ1n) is 5.35. The van der Waals surface area contributed by atoms with E-state index in [0.29, 0.717) is 16.3 Å². The van der Waals surface area contributed by atoms with Gasteiger partial charge in [-0.1, -0.05) is 11.6 Å². The smallest absolute Gasteiger partial charge is 0.180 e. The fourth-order valence-corrected chi connectivity index (χ4v) is 2.45. The van der Waals surface area contributed by atoms with Crippen molar-refractivity contribution >= 4 is 40.2 Å². The van der Waals surface area contributed by atoms with E-state index >= 15 is 0 Å². The molecule has 0 aliphatic heterocycles. The van der Waals surface area contributed by atoms with Gasteiger partial charge in [-0.2, -0.15) is 0 Å². The molecule has 0 unspecified atom stereocenters. The lowest BCUT2D eigenvalue weighted by Gasteiger charge is -1.98.